The van der Waals surface area contributed by atoms with Crippen molar-refractivity contribution in [1.29, 1.82) is 5.26 Å². The first-order chi connectivity index (χ1) is 14.2. The van der Waals surface area contributed by atoms with Crippen LogP contribution in [0.3, 0.4) is 0 Å². The van der Waals surface area contributed by atoms with Gasteiger partial charge in [0.05, 0.1) is 5.56 Å². The van der Waals surface area contributed by atoms with Crippen molar-refractivity contribution in [3.8, 4) is 17.2 Å². The van der Waals surface area contributed by atoms with Gasteiger partial charge in [-0.1, -0.05) is 36.4 Å². The van der Waals surface area contributed by atoms with Crippen molar-refractivity contribution in [1.82, 2.24) is 14.4 Å². The van der Waals surface area contributed by atoms with Crippen LogP contribution in [0.4, 0.5) is 11.6 Å². The van der Waals surface area contributed by atoms with E-state index in [0.717, 1.165) is 16.6 Å². The van der Waals surface area contributed by atoms with Gasteiger partial charge in [0.25, 0.3) is 5.56 Å². The fourth-order valence-corrected chi connectivity index (χ4v) is 3.34. The van der Waals surface area contributed by atoms with Crippen molar-refractivity contribution in [3.63, 3.8) is 0 Å². The van der Waals surface area contributed by atoms with Crippen molar-refractivity contribution < 1.29 is 0 Å². The fraction of sp³-hybridized carbons (Fsp3) is 0.0909. The second-order valence-corrected chi connectivity index (χ2v) is 6.48. The predicted molar refractivity (Wildman–Crippen MR) is 112 cm³/mol. The Hall–Kier alpha value is -4.18. The van der Waals surface area contributed by atoms with E-state index in [4.69, 9.17) is 5.73 Å². The van der Waals surface area contributed by atoms with Crippen molar-refractivity contribution >= 4 is 17.2 Å². The molecule has 7 nitrogen and oxygen atoms in total. The minimum atomic E-state index is -0.0618. The summed E-state index contributed by atoms with van der Waals surface area (Å²) in [6.45, 7) is 0.480. The molecule has 0 aliphatic carbocycles. The summed E-state index contributed by atoms with van der Waals surface area (Å²) in [5.74, 6) is 0.526. The maximum atomic E-state index is 13.2. The Bertz CT molecular complexity index is 1270. The molecule has 3 N–H and O–H groups in total. The van der Waals surface area contributed by atoms with Crippen molar-refractivity contribution in [2.24, 2.45) is 0 Å². The number of hydrogen-bond donors (Lipinski definition) is 2. The Morgan fingerprint density at radius 3 is 2.69 bits per heavy atom. The number of pyridine rings is 2. The second-order valence-electron chi connectivity index (χ2n) is 6.48. The first kappa shape index (κ1) is 18.2. The zero-order chi connectivity index (χ0) is 20.2. The zero-order valence-electron chi connectivity index (χ0n) is 15.5. The number of aromatic nitrogens is 3. The summed E-state index contributed by atoms with van der Waals surface area (Å²) in [4.78, 5) is 21.1. The Kier molecular flexibility index (Phi) is 4.91. The highest BCUT2D eigenvalue weighted by molar-refractivity contribution is 5.70. The van der Waals surface area contributed by atoms with Crippen LogP contribution in [0.15, 0.2) is 71.9 Å². The zero-order valence-corrected chi connectivity index (χ0v) is 15.5. The highest BCUT2D eigenvalue weighted by Crippen LogP contribution is 2.22. The molecule has 0 unspecified atom stereocenters. The van der Waals surface area contributed by atoms with E-state index in [2.05, 4.69) is 15.3 Å². The maximum absolute atomic E-state index is 13.2. The molecule has 0 atom stereocenters. The number of nitrogens with zero attached hydrogens (tertiary/aromatic N) is 4. The lowest BCUT2D eigenvalue weighted by atomic mass is 9.98. The van der Waals surface area contributed by atoms with Gasteiger partial charge in [0.15, 0.2) is 0 Å². The minimum Gasteiger partial charge on any atom is -0.382 e. The van der Waals surface area contributed by atoms with E-state index in [-0.39, 0.29) is 16.9 Å². The summed E-state index contributed by atoms with van der Waals surface area (Å²) in [6, 6.07) is 19.3. The molecular formula is C22H18N6O. The number of nitrogens with one attached hydrogen (secondary N) is 1. The van der Waals surface area contributed by atoms with Gasteiger partial charge in [-0.15, -0.1) is 0 Å². The highest BCUT2D eigenvalue weighted by Gasteiger charge is 2.14. The molecule has 3 heterocycles. The third-order valence-corrected chi connectivity index (χ3v) is 4.70. The lowest BCUT2D eigenvalue weighted by Gasteiger charge is -2.13. The molecule has 4 aromatic rings. The van der Waals surface area contributed by atoms with Gasteiger partial charge in [0.2, 0.25) is 0 Å². The van der Waals surface area contributed by atoms with Crippen LogP contribution in [-0.2, 0) is 6.42 Å². The molecule has 0 spiro atoms. The molecule has 7 heteroatoms. The van der Waals surface area contributed by atoms with Gasteiger partial charge in [-0.3, -0.25) is 9.20 Å². The van der Waals surface area contributed by atoms with E-state index in [1.807, 2.05) is 60.7 Å². The molecule has 142 valence electrons. The summed E-state index contributed by atoms with van der Waals surface area (Å²) < 4.78 is 1.65. The monoisotopic (exact) mass is 382 g/mol. The molecule has 29 heavy (non-hydrogen) atoms. The Balaban J connectivity index is 1.71. The third-order valence-electron chi connectivity index (χ3n) is 4.70. The first-order valence-electron chi connectivity index (χ1n) is 9.12. The minimum absolute atomic E-state index is 0.0618. The summed E-state index contributed by atoms with van der Waals surface area (Å²) in [5, 5.41) is 12.4. The second kappa shape index (κ2) is 7.82. The maximum Gasteiger partial charge on any atom is 0.263 e. The van der Waals surface area contributed by atoms with E-state index in [1.165, 1.54) is 6.33 Å². The van der Waals surface area contributed by atoms with Gasteiger partial charge in [0, 0.05) is 18.3 Å². The van der Waals surface area contributed by atoms with Crippen LogP contribution in [0.2, 0.25) is 0 Å². The number of nitriles is 1. The van der Waals surface area contributed by atoms with Gasteiger partial charge in [-0.05, 0) is 35.7 Å². The molecule has 0 aliphatic heterocycles. The molecular weight excluding hydrogens is 364 g/mol. The van der Waals surface area contributed by atoms with E-state index in [1.54, 1.807) is 10.6 Å². The standard InChI is InChI=1S/C22H18N6O/c23-13-18-20(24)26-14-27-21(18)25-10-9-16-12-17-8-4-5-11-28(17)22(29)19(16)15-6-2-1-3-7-15/h1-8,11-12,14H,9-10H2,(H3,24,25,26,27). The number of anilines is 2. The molecule has 0 bridgehead atoms. The number of fused-ring (bicyclic) bond motifs is 1. The summed E-state index contributed by atoms with van der Waals surface area (Å²) in [5.41, 5.74) is 9.18. The van der Waals surface area contributed by atoms with Crippen LogP contribution >= 0.6 is 0 Å². The smallest absolute Gasteiger partial charge is 0.263 e. The molecule has 4 rings (SSSR count). The quantitative estimate of drug-likeness (QED) is 0.549. The lowest BCUT2D eigenvalue weighted by molar-refractivity contribution is 0.982. The number of hydrogen-bond acceptors (Lipinski definition) is 6. The van der Waals surface area contributed by atoms with E-state index < -0.39 is 0 Å². The normalized spacial score (nSPS) is 10.6. The molecule has 0 saturated carbocycles. The van der Waals surface area contributed by atoms with Gasteiger partial charge < -0.3 is 11.1 Å². The van der Waals surface area contributed by atoms with Crippen molar-refractivity contribution in [2.75, 3.05) is 17.6 Å². The summed E-state index contributed by atoms with van der Waals surface area (Å²) >= 11 is 0. The third kappa shape index (κ3) is 3.51. The predicted octanol–water partition coefficient (Wildman–Crippen LogP) is 2.86. The average Bonchev–Trinajstić information content (AvgIpc) is 2.75. The van der Waals surface area contributed by atoms with Crippen LogP contribution in [0.25, 0.3) is 16.6 Å². The number of nitrogens with two attached hydrogens (primary N) is 1. The molecule has 0 radical (unpaired) electrons. The molecule has 3 aromatic heterocycles. The Labute approximate surface area is 167 Å². The van der Waals surface area contributed by atoms with Gasteiger partial charge >= 0.3 is 0 Å². The molecule has 0 amide bonds. The fourth-order valence-electron chi connectivity index (χ4n) is 3.34. The number of benzene rings is 1. The first-order valence-corrected chi connectivity index (χ1v) is 9.12. The molecule has 1 aromatic carbocycles. The van der Waals surface area contributed by atoms with E-state index in [0.29, 0.717) is 24.3 Å². The SMILES string of the molecule is N#Cc1c(N)ncnc1NCCc1cc2ccccn2c(=O)c1-c1ccccc1. The van der Waals surface area contributed by atoms with Crippen molar-refractivity contribution in [3.05, 3.63) is 88.6 Å². The van der Waals surface area contributed by atoms with Crippen LogP contribution in [-0.4, -0.2) is 20.9 Å². The number of nitrogen functional groups attached to an aromatic ring is 1. The van der Waals surface area contributed by atoms with E-state index in [9.17, 15) is 10.1 Å². The van der Waals surface area contributed by atoms with Crippen LogP contribution in [0, 0.1) is 11.3 Å². The molecule has 0 saturated heterocycles. The van der Waals surface area contributed by atoms with Gasteiger partial charge in [-0.2, -0.15) is 5.26 Å². The van der Waals surface area contributed by atoms with Crippen LogP contribution in [0.1, 0.15) is 11.1 Å². The Morgan fingerprint density at radius 1 is 1.10 bits per heavy atom. The van der Waals surface area contributed by atoms with Crippen LogP contribution in [0.5, 0.6) is 0 Å². The summed E-state index contributed by atoms with van der Waals surface area (Å²) in [7, 11) is 0. The Morgan fingerprint density at radius 2 is 1.90 bits per heavy atom. The van der Waals surface area contributed by atoms with Crippen LogP contribution < -0.4 is 16.6 Å². The van der Waals surface area contributed by atoms with E-state index >= 15 is 0 Å². The lowest BCUT2D eigenvalue weighted by Crippen LogP contribution is -2.19. The van der Waals surface area contributed by atoms with Gasteiger partial charge in [0.1, 0.15) is 29.6 Å². The highest BCUT2D eigenvalue weighted by atomic mass is 16.1. The largest absolute Gasteiger partial charge is 0.382 e. The molecule has 0 aliphatic rings. The average molecular weight is 382 g/mol. The number of rotatable bonds is 5. The van der Waals surface area contributed by atoms with Crippen molar-refractivity contribution in [2.45, 2.75) is 6.42 Å². The van der Waals surface area contributed by atoms with Gasteiger partial charge in [-0.25, -0.2) is 9.97 Å². The molecule has 0 fully saturated rings. The summed E-state index contributed by atoms with van der Waals surface area (Å²) in [6.07, 6.45) is 3.66. The topological polar surface area (TPSA) is 109 Å².